The van der Waals surface area contributed by atoms with E-state index in [1.54, 1.807) is 22.8 Å². The summed E-state index contributed by atoms with van der Waals surface area (Å²) in [5.41, 5.74) is 0.826. The van der Waals surface area contributed by atoms with Crippen LogP contribution in [0.15, 0.2) is 41.7 Å². The molecular weight excluding hydrogens is 262 g/mol. The zero-order valence-corrected chi connectivity index (χ0v) is 10.2. The number of nitrogens with one attached hydrogen (secondary N) is 1. The zero-order chi connectivity index (χ0) is 14.1. The number of nitro groups is 1. The Labute approximate surface area is 111 Å². The van der Waals surface area contributed by atoms with Crippen molar-refractivity contribution in [2.45, 2.75) is 6.54 Å². The fraction of sp³-hybridized carbons (Fsp3) is 0.0833. The highest BCUT2D eigenvalue weighted by atomic mass is 16.6. The Balaban J connectivity index is 2.09. The minimum absolute atomic E-state index is 0.0270. The van der Waals surface area contributed by atoms with Crippen LogP contribution in [0.2, 0.25) is 0 Å². The number of hydrogen-bond acceptors (Lipinski definition) is 5. The summed E-state index contributed by atoms with van der Waals surface area (Å²) >= 11 is 0. The molecule has 3 rings (SSSR count). The second-order valence-electron chi connectivity index (χ2n) is 4.16. The third kappa shape index (κ3) is 1.92. The van der Waals surface area contributed by atoms with Crippen molar-refractivity contribution in [3.8, 4) is 0 Å². The average Bonchev–Trinajstić information content (AvgIpc) is 2.84. The lowest BCUT2D eigenvalue weighted by Gasteiger charge is -2.04. The molecule has 0 spiro atoms. The number of benzene rings is 1. The van der Waals surface area contributed by atoms with Crippen LogP contribution in [-0.2, 0) is 6.54 Å². The minimum atomic E-state index is -0.436. The van der Waals surface area contributed by atoms with Crippen molar-refractivity contribution in [1.82, 2.24) is 19.5 Å². The van der Waals surface area contributed by atoms with Gasteiger partial charge in [-0.1, -0.05) is 18.2 Å². The molecule has 0 saturated heterocycles. The number of rotatable bonds is 3. The maximum atomic E-state index is 11.5. The number of para-hydroxylation sites is 1. The van der Waals surface area contributed by atoms with E-state index in [4.69, 9.17) is 0 Å². The summed E-state index contributed by atoms with van der Waals surface area (Å²) in [4.78, 5) is 32.5. The predicted molar refractivity (Wildman–Crippen MR) is 70.3 cm³/mol. The number of hydrogen-bond donors (Lipinski definition) is 1. The highest BCUT2D eigenvalue weighted by Gasteiger charge is 2.14. The van der Waals surface area contributed by atoms with Gasteiger partial charge < -0.3 is 9.55 Å². The van der Waals surface area contributed by atoms with Crippen LogP contribution in [0.4, 0.5) is 5.69 Å². The largest absolute Gasteiger partial charge is 0.311 e. The van der Waals surface area contributed by atoms with E-state index in [9.17, 15) is 14.9 Å². The summed E-state index contributed by atoms with van der Waals surface area (Å²) in [5, 5.41) is 11.0. The third-order valence-corrected chi connectivity index (χ3v) is 2.94. The molecule has 2 heterocycles. The van der Waals surface area contributed by atoms with Crippen LogP contribution < -0.4 is 5.56 Å². The van der Waals surface area contributed by atoms with Crippen molar-refractivity contribution >= 4 is 16.9 Å². The van der Waals surface area contributed by atoms with Crippen molar-refractivity contribution in [1.29, 1.82) is 0 Å². The van der Waals surface area contributed by atoms with Gasteiger partial charge in [0.1, 0.15) is 0 Å². The topological polar surface area (TPSA) is 107 Å². The van der Waals surface area contributed by atoms with Gasteiger partial charge in [0.05, 0.1) is 24.1 Å². The van der Waals surface area contributed by atoms with Crippen LogP contribution in [0.5, 0.6) is 0 Å². The van der Waals surface area contributed by atoms with Crippen molar-refractivity contribution in [2.75, 3.05) is 0 Å². The minimum Gasteiger partial charge on any atom is -0.311 e. The van der Waals surface area contributed by atoms with E-state index in [1.165, 1.54) is 18.7 Å². The summed E-state index contributed by atoms with van der Waals surface area (Å²) < 4.78 is 1.60. The van der Waals surface area contributed by atoms with E-state index in [1.807, 2.05) is 0 Å². The number of nitro benzene ring substituents is 1. The van der Waals surface area contributed by atoms with Crippen LogP contribution >= 0.6 is 0 Å². The van der Waals surface area contributed by atoms with Crippen LogP contribution in [0, 0.1) is 10.1 Å². The van der Waals surface area contributed by atoms with E-state index in [-0.39, 0.29) is 23.3 Å². The molecule has 1 N–H and O–H groups in total. The van der Waals surface area contributed by atoms with Crippen LogP contribution in [0.25, 0.3) is 11.2 Å². The fourth-order valence-corrected chi connectivity index (χ4v) is 2.01. The molecule has 0 saturated carbocycles. The average molecular weight is 271 g/mol. The molecule has 0 aliphatic carbocycles. The molecule has 8 heteroatoms. The zero-order valence-electron chi connectivity index (χ0n) is 10.2. The standard InChI is InChI=1S/C12H9N5O3/c18-12-10-11(13-6-14-12)16(7-15-10)5-8-3-1-2-4-9(8)17(19)20/h1-4,6-7H,5H2,(H,13,14,18). The van der Waals surface area contributed by atoms with Gasteiger partial charge >= 0.3 is 0 Å². The second kappa shape index (κ2) is 4.57. The molecule has 0 fully saturated rings. The van der Waals surface area contributed by atoms with E-state index in [0.717, 1.165) is 0 Å². The first-order chi connectivity index (χ1) is 9.66. The summed E-state index contributed by atoms with van der Waals surface area (Å²) in [6.07, 6.45) is 2.73. The van der Waals surface area contributed by atoms with Crippen molar-refractivity contribution in [3.63, 3.8) is 0 Å². The maximum absolute atomic E-state index is 11.5. The highest BCUT2D eigenvalue weighted by Crippen LogP contribution is 2.19. The van der Waals surface area contributed by atoms with Gasteiger partial charge in [0.2, 0.25) is 0 Å². The number of nitrogens with zero attached hydrogens (tertiary/aromatic N) is 4. The van der Waals surface area contributed by atoms with Crippen molar-refractivity contribution in [3.05, 3.63) is 63.0 Å². The fourth-order valence-electron chi connectivity index (χ4n) is 2.01. The molecule has 0 bridgehead atoms. The molecule has 0 aliphatic heterocycles. The second-order valence-corrected chi connectivity index (χ2v) is 4.16. The highest BCUT2D eigenvalue weighted by molar-refractivity contribution is 5.68. The molecule has 1 aromatic carbocycles. The summed E-state index contributed by atoms with van der Waals surface area (Å²) in [6.45, 7) is 0.226. The van der Waals surface area contributed by atoms with E-state index in [0.29, 0.717) is 11.2 Å². The Kier molecular flexibility index (Phi) is 2.75. The molecule has 20 heavy (non-hydrogen) atoms. The SMILES string of the molecule is O=c1[nH]cnc2c1ncn2Cc1ccccc1[N+](=O)[O-]. The molecule has 0 atom stereocenters. The van der Waals surface area contributed by atoms with Gasteiger partial charge in [-0.05, 0) is 0 Å². The van der Waals surface area contributed by atoms with E-state index in [2.05, 4.69) is 15.0 Å². The quantitative estimate of drug-likeness (QED) is 0.566. The number of imidazole rings is 1. The Bertz CT molecular complexity index is 851. The van der Waals surface area contributed by atoms with E-state index < -0.39 is 4.92 Å². The van der Waals surface area contributed by atoms with Gasteiger partial charge in [0.15, 0.2) is 11.2 Å². The van der Waals surface area contributed by atoms with Crippen LogP contribution in [0.1, 0.15) is 5.56 Å². The first kappa shape index (κ1) is 12.0. The number of aromatic amines is 1. The molecule has 8 nitrogen and oxygen atoms in total. The molecule has 2 aromatic heterocycles. The molecule has 0 unspecified atom stereocenters. The third-order valence-electron chi connectivity index (χ3n) is 2.94. The van der Waals surface area contributed by atoms with Gasteiger partial charge in [-0.25, -0.2) is 9.97 Å². The van der Waals surface area contributed by atoms with Gasteiger partial charge in [0, 0.05) is 11.6 Å². The van der Waals surface area contributed by atoms with Gasteiger partial charge in [-0.3, -0.25) is 14.9 Å². The first-order valence-corrected chi connectivity index (χ1v) is 5.77. The smallest absolute Gasteiger partial charge is 0.278 e. The molecular formula is C12H9N5O3. The first-order valence-electron chi connectivity index (χ1n) is 5.77. The van der Waals surface area contributed by atoms with Crippen LogP contribution in [0.3, 0.4) is 0 Å². The summed E-state index contributed by atoms with van der Waals surface area (Å²) in [5.74, 6) is 0. The Morgan fingerprint density at radius 3 is 2.90 bits per heavy atom. The van der Waals surface area contributed by atoms with Gasteiger partial charge in [-0.2, -0.15) is 0 Å². The number of H-pyrrole nitrogens is 1. The van der Waals surface area contributed by atoms with Crippen LogP contribution in [-0.4, -0.2) is 24.4 Å². The molecule has 100 valence electrons. The lowest BCUT2D eigenvalue weighted by molar-refractivity contribution is -0.385. The van der Waals surface area contributed by atoms with Crippen molar-refractivity contribution < 1.29 is 4.92 Å². The molecule has 0 radical (unpaired) electrons. The molecule has 0 amide bonds. The Morgan fingerprint density at radius 2 is 2.10 bits per heavy atom. The van der Waals surface area contributed by atoms with Gasteiger partial charge in [-0.15, -0.1) is 0 Å². The molecule has 3 aromatic rings. The molecule has 0 aliphatic rings. The maximum Gasteiger partial charge on any atom is 0.278 e. The summed E-state index contributed by atoms with van der Waals surface area (Å²) in [7, 11) is 0. The van der Waals surface area contributed by atoms with Gasteiger partial charge in [0.25, 0.3) is 11.2 Å². The predicted octanol–water partition coefficient (Wildman–Crippen LogP) is 1.08. The lowest BCUT2D eigenvalue weighted by Crippen LogP contribution is -2.08. The van der Waals surface area contributed by atoms with Crippen molar-refractivity contribution in [2.24, 2.45) is 0 Å². The lowest BCUT2D eigenvalue weighted by atomic mass is 10.2. The normalized spacial score (nSPS) is 10.8. The number of fused-ring (bicyclic) bond motifs is 1. The van der Waals surface area contributed by atoms with E-state index >= 15 is 0 Å². The number of aromatic nitrogens is 4. The Morgan fingerprint density at radius 1 is 1.30 bits per heavy atom. The Hall–Kier alpha value is -3.03. The summed E-state index contributed by atoms with van der Waals surface area (Å²) in [6, 6.07) is 6.43. The monoisotopic (exact) mass is 271 g/mol.